The predicted octanol–water partition coefficient (Wildman–Crippen LogP) is 2.34. The molecule has 0 N–H and O–H groups in total. The molecule has 1 aliphatic heterocycles. The first-order chi connectivity index (χ1) is 11.2. The van der Waals surface area contributed by atoms with Gasteiger partial charge in [-0.15, -0.1) is 0 Å². The summed E-state index contributed by atoms with van der Waals surface area (Å²) in [7, 11) is 3.30. The fourth-order valence-electron chi connectivity index (χ4n) is 2.49. The third-order valence-electron chi connectivity index (χ3n) is 3.77. The van der Waals surface area contributed by atoms with E-state index < -0.39 is 20.9 Å². The van der Waals surface area contributed by atoms with Crippen LogP contribution in [0.5, 0.6) is 17.2 Å². The Balaban J connectivity index is 1.71. The number of rotatable bonds is 5. The van der Waals surface area contributed by atoms with E-state index in [1.165, 1.54) is 3.61 Å². The van der Waals surface area contributed by atoms with Crippen LogP contribution >= 0.6 is 0 Å². The first-order valence-corrected chi connectivity index (χ1v) is 10.1. The van der Waals surface area contributed by atoms with E-state index in [-0.39, 0.29) is 11.7 Å². The Morgan fingerprint density at radius 3 is 2.78 bits per heavy atom. The molecule has 0 aromatic heterocycles. The van der Waals surface area contributed by atoms with Gasteiger partial charge in [0.2, 0.25) is 0 Å². The van der Waals surface area contributed by atoms with E-state index in [1.54, 1.807) is 14.2 Å². The molecule has 23 heavy (non-hydrogen) atoms. The topological polar surface area (TPSA) is 44.8 Å². The summed E-state index contributed by atoms with van der Waals surface area (Å²) in [5, 5.41) is 0. The van der Waals surface area contributed by atoms with Gasteiger partial charge in [-0.3, -0.25) is 0 Å². The van der Waals surface area contributed by atoms with Crippen LogP contribution in [-0.2, 0) is 0 Å². The Kier molecular flexibility index (Phi) is 5.09. The Morgan fingerprint density at radius 1 is 1.17 bits per heavy atom. The molecule has 0 bridgehead atoms. The van der Waals surface area contributed by atoms with Crippen molar-refractivity contribution in [2.24, 2.45) is 5.92 Å². The van der Waals surface area contributed by atoms with Crippen LogP contribution in [0, 0.1) is 5.92 Å². The minimum absolute atomic E-state index is 0.0564. The van der Waals surface area contributed by atoms with Crippen LogP contribution in [0.25, 0.3) is 0 Å². The van der Waals surface area contributed by atoms with Crippen LogP contribution in [0.1, 0.15) is 10.4 Å². The van der Waals surface area contributed by atoms with Gasteiger partial charge in [0.25, 0.3) is 0 Å². The van der Waals surface area contributed by atoms with Gasteiger partial charge in [0.1, 0.15) is 0 Å². The van der Waals surface area contributed by atoms with Crippen LogP contribution in [0.3, 0.4) is 0 Å². The van der Waals surface area contributed by atoms with Crippen LogP contribution in [0.2, 0.25) is 4.47 Å². The number of methoxy groups -OCH3 is 2. The van der Waals surface area contributed by atoms with Crippen molar-refractivity contribution in [1.29, 1.82) is 0 Å². The molecule has 0 spiro atoms. The van der Waals surface area contributed by atoms with Crippen molar-refractivity contribution in [2.75, 3.05) is 20.8 Å². The second kappa shape index (κ2) is 7.25. The quantitative estimate of drug-likeness (QED) is 0.690. The molecule has 0 radical (unpaired) electrons. The average molecular weight is 426 g/mol. The third kappa shape index (κ3) is 3.46. The van der Waals surface area contributed by atoms with Gasteiger partial charge in [0, 0.05) is 0 Å². The third-order valence-corrected chi connectivity index (χ3v) is 7.25. The van der Waals surface area contributed by atoms with Gasteiger partial charge >= 0.3 is 146 Å². The van der Waals surface area contributed by atoms with E-state index in [0.717, 1.165) is 16.0 Å². The molecule has 3 rings (SSSR count). The Bertz CT molecular complexity index is 714. The van der Waals surface area contributed by atoms with Crippen LogP contribution in [0.15, 0.2) is 42.5 Å². The number of para-hydroxylation sites is 1. The van der Waals surface area contributed by atoms with E-state index in [2.05, 4.69) is 0 Å². The molecule has 1 atom stereocenters. The van der Waals surface area contributed by atoms with E-state index >= 15 is 0 Å². The molecule has 1 unspecified atom stereocenters. The average Bonchev–Trinajstić information content (AvgIpc) is 2.61. The van der Waals surface area contributed by atoms with Crippen LogP contribution < -0.4 is 17.8 Å². The van der Waals surface area contributed by atoms with Gasteiger partial charge in [-0.2, -0.15) is 0 Å². The van der Waals surface area contributed by atoms with Crippen LogP contribution in [-0.4, -0.2) is 47.5 Å². The second-order valence-electron chi connectivity index (χ2n) is 5.20. The zero-order chi connectivity index (χ0) is 16.2. The Hall–Kier alpha value is -1.70. The van der Waals surface area contributed by atoms with Gasteiger partial charge in [-0.05, 0) is 0 Å². The van der Waals surface area contributed by atoms with Crippen molar-refractivity contribution in [2.45, 2.75) is 4.47 Å². The molecule has 4 nitrogen and oxygen atoms in total. The summed E-state index contributed by atoms with van der Waals surface area (Å²) in [6.45, 7) is 0.471. The van der Waals surface area contributed by atoms with Gasteiger partial charge in [0.15, 0.2) is 0 Å². The summed E-state index contributed by atoms with van der Waals surface area (Å²) < 4.78 is 18.5. The fourth-order valence-corrected chi connectivity index (χ4v) is 5.56. The van der Waals surface area contributed by atoms with E-state index in [9.17, 15) is 4.79 Å². The summed E-state index contributed by atoms with van der Waals surface area (Å²) in [5.41, 5.74) is 0.706. The summed E-state index contributed by atoms with van der Waals surface area (Å²) in [5.74, 6) is 2.47. The number of fused-ring (bicyclic) bond motifs is 1. The molecule has 120 valence electrons. The fraction of sp³-hybridized carbons (Fsp3) is 0.278. The van der Waals surface area contributed by atoms with Crippen LogP contribution in [0.4, 0.5) is 0 Å². The number of carbonyl (C=O) groups excluding carboxylic acids is 1. The summed E-state index contributed by atoms with van der Waals surface area (Å²) in [6, 6.07) is 13.4. The number of carbonyl (C=O) groups is 1. The second-order valence-corrected chi connectivity index (χ2v) is 8.23. The van der Waals surface area contributed by atoms with E-state index in [1.807, 2.05) is 42.5 Å². The van der Waals surface area contributed by atoms with Crippen molar-refractivity contribution in [3.8, 4) is 17.2 Å². The molecule has 1 aliphatic rings. The molecule has 0 fully saturated rings. The number of benzene rings is 2. The number of ether oxygens (including phenoxy) is 3. The molecule has 0 aliphatic carbocycles. The normalized spacial score (nSPS) is 16.4. The number of ketones is 1. The maximum absolute atomic E-state index is 12.6. The minimum atomic E-state index is -0.544. The first-order valence-electron chi connectivity index (χ1n) is 7.34. The van der Waals surface area contributed by atoms with E-state index in [0.29, 0.717) is 17.9 Å². The van der Waals surface area contributed by atoms with Crippen molar-refractivity contribution >= 4 is 30.3 Å². The monoisotopic (exact) mass is 428 g/mol. The summed E-state index contributed by atoms with van der Waals surface area (Å²) in [6.07, 6.45) is 0. The van der Waals surface area contributed by atoms with Crippen molar-refractivity contribution in [3.05, 3.63) is 48.0 Å². The maximum atomic E-state index is 12.6. The molecule has 2 aromatic carbocycles. The SMILES string of the molecule is COc1ccc([Te]CC2COc3ccccc3C2=O)c(OC)c1. The van der Waals surface area contributed by atoms with Crippen molar-refractivity contribution in [3.63, 3.8) is 0 Å². The summed E-state index contributed by atoms with van der Waals surface area (Å²) in [4.78, 5) is 12.6. The molecule has 0 amide bonds. The number of hydrogen-bond acceptors (Lipinski definition) is 4. The molecular formula is C18H18O4Te. The first kappa shape index (κ1) is 16.2. The standard InChI is InChI=1S/C18H18O4Te/c1-20-13-7-8-17(16(9-13)21-2)23-11-12-10-22-15-6-4-3-5-14(15)18(12)19/h3-9,12H,10-11H2,1-2H3. The zero-order valence-electron chi connectivity index (χ0n) is 13.1. The number of hydrogen-bond donors (Lipinski definition) is 0. The molecule has 5 heteroatoms. The Labute approximate surface area is 145 Å². The molecule has 0 saturated carbocycles. The molecule has 0 saturated heterocycles. The summed E-state index contributed by atoms with van der Waals surface area (Å²) >= 11 is -0.544. The molecule has 2 aromatic rings. The predicted molar refractivity (Wildman–Crippen MR) is 89.5 cm³/mol. The van der Waals surface area contributed by atoms with Crippen molar-refractivity contribution < 1.29 is 19.0 Å². The number of Topliss-reactive ketones (excluding diaryl/α,β-unsaturated/α-hetero) is 1. The molecule has 1 heterocycles. The van der Waals surface area contributed by atoms with Gasteiger partial charge < -0.3 is 0 Å². The van der Waals surface area contributed by atoms with Gasteiger partial charge in [-0.1, -0.05) is 0 Å². The Morgan fingerprint density at radius 2 is 2.00 bits per heavy atom. The van der Waals surface area contributed by atoms with Gasteiger partial charge in [0.05, 0.1) is 0 Å². The van der Waals surface area contributed by atoms with Gasteiger partial charge in [-0.25, -0.2) is 0 Å². The zero-order valence-corrected chi connectivity index (χ0v) is 15.4. The van der Waals surface area contributed by atoms with E-state index in [4.69, 9.17) is 14.2 Å². The van der Waals surface area contributed by atoms with Crippen molar-refractivity contribution in [1.82, 2.24) is 0 Å². The molecular weight excluding hydrogens is 408 g/mol.